The van der Waals surface area contributed by atoms with E-state index in [9.17, 15) is 24.0 Å². The molecule has 4 aromatic rings. The number of aliphatic carboxylic acids is 4. The van der Waals surface area contributed by atoms with Gasteiger partial charge in [-0.1, -0.05) is 96.2 Å². The van der Waals surface area contributed by atoms with Crippen molar-refractivity contribution in [2.45, 2.75) is 12.6 Å². The maximum atomic E-state index is 12.5. The number of carbonyl (C=O) groups is 5. The van der Waals surface area contributed by atoms with Gasteiger partial charge in [0.1, 0.15) is 0 Å². The largest absolute Gasteiger partial charge is 0.478 e. The second kappa shape index (κ2) is 19.4. The maximum absolute atomic E-state index is 12.5. The van der Waals surface area contributed by atoms with Crippen LogP contribution in [0.1, 0.15) is 39.2 Å². The minimum atomic E-state index is -1.26. The second-order valence-corrected chi connectivity index (χ2v) is 10.3. The molecule has 1 saturated heterocycles. The first kappa shape index (κ1) is 37.2. The second-order valence-electron chi connectivity index (χ2n) is 10.3. The van der Waals surface area contributed by atoms with E-state index < -0.39 is 23.9 Å². The van der Waals surface area contributed by atoms with E-state index in [4.69, 9.17) is 24.9 Å². The van der Waals surface area contributed by atoms with Crippen LogP contribution >= 0.6 is 0 Å². The highest BCUT2D eigenvalue weighted by molar-refractivity contribution is 6.06. The number of carbonyl (C=O) groups excluding carboxylic acids is 1. The van der Waals surface area contributed by atoms with E-state index in [0.717, 1.165) is 26.2 Å². The molecule has 4 N–H and O–H groups in total. The van der Waals surface area contributed by atoms with Crippen molar-refractivity contribution in [1.29, 1.82) is 0 Å². The standard InChI is InChI=1S/C27H26N4O2.2C4H4O4/c32-26(23-14-8-3-9-15-23)27-28-24(33-29-27)20-30-16-18-31(19-17-30)25(21-10-4-1-5-11-21)22-12-6-2-7-13-22;2*5-3(6)1-2-4(7)8/h1-15,25H,16-20H2;2*1-2H,(H,5,6)(H,7,8)/b;2*2-1-. The molecule has 5 rings (SSSR count). The topological polar surface area (TPSA) is 212 Å². The van der Waals surface area contributed by atoms with Crippen molar-refractivity contribution in [3.63, 3.8) is 0 Å². The Labute approximate surface area is 280 Å². The molecule has 0 spiro atoms. The van der Waals surface area contributed by atoms with Crippen molar-refractivity contribution in [2.75, 3.05) is 26.2 Å². The third kappa shape index (κ3) is 13.2. The fourth-order valence-electron chi connectivity index (χ4n) is 4.67. The van der Waals surface area contributed by atoms with Gasteiger partial charge >= 0.3 is 23.9 Å². The average molecular weight is 671 g/mol. The van der Waals surface area contributed by atoms with Crippen LogP contribution in [0.4, 0.5) is 0 Å². The molecule has 1 fully saturated rings. The Bertz CT molecular complexity index is 1630. The summed E-state index contributed by atoms with van der Waals surface area (Å²) < 4.78 is 5.39. The lowest BCUT2D eigenvalue weighted by molar-refractivity contribution is -0.134. The van der Waals surface area contributed by atoms with Crippen LogP contribution in [0.15, 0.2) is 120 Å². The van der Waals surface area contributed by atoms with Crippen molar-refractivity contribution < 1.29 is 48.9 Å². The molecule has 0 saturated carbocycles. The molecule has 0 atom stereocenters. The van der Waals surface area contributed by atoms with Crippen molar-refractivity contribution in [2.24, 2.45) is 0 Å². The van der Waals surface area contributed by atoms with Crippen LogP contribution < -0.4 is 0 Å². The highest BCUT2D eigenvalue weighted by Gasteiger charge is 2.27. The number of carboxylic acids is 4. The summed E-state index contributed by atoms with van der Waals surface area (Å²) in [6, 6.07) is 30.6. The molecule has 14 nitrogen and oxygen atoms in total. The van der Waals surface area contributed by atoms with Crippen LogP contribution in [-0.4, -0.2) is 96.2 Å². The molecule has 0 unspecified atom stereocenters. The molecule has 254 valence electrons. The molecular weight excluding hydrogens is 636 g/mol. The zero-order valence-corrected chi connectivity index (χ0v) is 26.1. The first-order valence-electron chi connectivity index (χ1n) is 14.8. The van der Waals surface area contributed by atoms with Gasteiger partial charge in [0.2, 0.25) is 17.5 Å². The maximum Gasteiger partial charge on any atom is 0.328 e. The Hall–Kier alpha value is -6.25. The number of hydrogen-bond acceptors (Lipinski definition) is 10. The van der Waals surface area contributed by atoms with Crippen LogP contribution in [0.25, 0.3) is 0 Å². The Balaban J connectivity index is 0.000000338. The van der Waals surface area contributed by atoms with Crippen molar-refractivity contribution in [3.8, 4) is 0 Å². The highest BCUT2D eigenvalue weighted by Crippen LogP contribution is 2.29. The lowest BCUT2D eigenvalue weighted by Crippen LogP contribution is -2.47. The zero-order valence-electron chi connectivity index (χ0n) is 26.1. The Morgan fingerprint density at radius 2 is 1.04 bits per heavy atom. The van der Waals surface area contributed by atoms with E-state index in [1.807, 2.05) is 18.2 Å². The van der Waals surface area contributed by atoms with Gasteiger partial charge < -0.3 is 24.9 Å². The summed E-state index contributed by atoms with van der Waals surface area (Å²) in [5.41, 5.74) is 3.17. The molecule has 1 aromatic heterocycles. The predicted octanol–water partition coefficient (Wildman–Crippen LogP) is 3.63. The summed E-state index contributed by atoms with van der Waals surface area (Å²) in [7, 11) is 0. The summed E-state index contributed by atoms with van der Waals surface area (Å²) in [5, 5.41) is 35.2. The van der Waals surface area contributed by atoms with Crippen LogP contribution in [0, 0.1) is 0 Å². The van der Waals surface area contributed by atoms with E-state index in [2.05, 4.69) is 80.6 Å². The number of nitrogens with zero attached hydrogens (tertiary/aromatic N) is 4. The normalized spacial score (nSPS) is 13.2. The molecule has 0 amide bonds. The number of aromatic nitrogens is 2. The van der Waals surface area contributed by atoms with Crippen LogP contribution in [0.5, 0.6) is 0 Å². The average Bonchev–Trinajstić information content (AvgIpc) is 3.57. The van der Waals surface area contributed by atoms with Gasteiger partial charge in [-0.25, -0.2) is 19.2 Å². The Kier molecular flexibility index (Phi) is 14.7. The van der Waals surface area contributed by atoms with Crippen molar-refractivity contribution in [1.82, 2.24) is 19.9 Å². The molecular formula is C35H34N4O10. The first-order valence-corrected chi connectivity index (χ1v) is 14.8. The third-order valence-electron chi connectivity index (χ3n) is 6.81. The molecule has 1 aliphatic rings. The Morgan fingerprint density at radius 1 is 0.633 bits per heavy atom. The van der Waals surface area contributed by atoms with Crippen LogP contribution in [0.2, 0.25) is 0 Å². The molecule has 14 heteroatoms. The monoisotopic (exact) mass is 670 g/mol. The number of hydrogen-bond donors (Lipinski definition) is 4. The smallest absolute Gasteiger partial charge is 0.328 e. The van der Waals surface area contributed by atoms with Gasteiger partial charge in [-0.05, 0) is 11.1 Å². The molecule has 3 aromatic carbocycles. The lowest BCUT2D eigenvalue weighted by atomic mass is 9.96. The molecule has 2 heterocycles. The van der Waals surface area contributed by atoms with Gasteiger partial charge in [-0.3, -0.25) is 14.6 Å². The van der Waals surface area contributed by atoms with E-state index in [-0.39, 0.29) is 17.6 Å². The first-order chi connectivity index (χ1) is 23.5. The highest BCUT2D eigenvalue weighted by atomic mass is 16.5. The number of ketones is 1. The van der Waals surface area contributed by atoms with Crippen molar-refractivity contribution >= 4 is 29.7 Å². The van der Waals surface area contributed by atoms with Gasteiger partial charge in [0, 0.05) is 56.0 Å². The lowest BCUT2D eigenvalue weighted by Gasteiger charge is -2.39. The Morgan fingerprint density at radius 3 is 1.45 bits per heavy atom. The van der Waals surface area contributed by atoms with Crippen LogP contribution in [0.3, 0.4) is 0 Å². The van der Waals surface area contributed by atoms with Gasteiger partial charge in [0.15, 0.2) is 0 Å². The van der Waals surface area contributed by atoms with E-state index in [1.54, 1.807) is 12.1 Å². The molecule has 1 aliphatic heterocycles. The number of piperazine rings is 1. The quantitative estimate of drug-likeness (QED) is 0.133. The summed E-state index contributed by atoms with van der Waals surface area (Å²) in [6.07, 6.45) is 2.23. The fourth-order valence-corrected chi connectivity index (χ4v) is 4.67. The van der Waals surface area contributed by atoms with E-state index >= 15 is 0 Å². The fraction of sp³-hybridized carbons (Fsp3) is 0.171. The van der Waals surface area contributed by atoms with Gasteiger partial charge in [0.05, 0.1) is 12.6 Å². The summed E-state index contributed by atoms with van der Waals surface area (Å²) in [4.78, 5) is 59.9. The summed E-state index contributed by atoms with van der Waals surface area (Å²) in [5.74, 6) is -4.66. The number of benzene rings is 3. The molecule has 0 aliphatic carbocycles. The molecule has 0 radical (unpaired) electrons. The summed E-state index contributed by atoms with van der Waals surface area (Å²) >= 11 is 0. The van der Waals surface area contributed by atoms with E-state index in [0.29, 0.717) is 42.3 Å². The van der Waals surface area contributed by atoms with Gasteiger partial charge in [-0.2, -0.15) is 4.98 Å². The van der Waals surface area contributed by atoms with Crippen LogP contribution in [-0.2, 0) is 25.7 Å². The minimum absolute atomic E-state index is 0.114. The van der Waals surface area contributed by atoms with Gasteiger partial charge in [0.25, 0.3) is 0 Å². The molecule has 0 bridgehead atoms. The zero-order chi connectivity index (χ0) is 35.6. The number of carboxylic acid groups (broad SMARTS) is 4. The third-order valence-corrected chi connectivity index (χ3v) is 6.81. The summed E-state index contributed by atoms with van der Waals surface area (Å²) in [6.45, 7) is 4.18. The number of rotatable bonds is 11. The SMILES string of the molecule is O=C(O)/C=C\C(=O)O.O=C(O)/C=C\C(=O)O.O=C(c1ccccc1)c1noc(CN2CCN(C(c3ccccc3)c3ccccc3)CC2)n1. The minimum Gasteiger partial charge on any atom is -0.478 e. The van der Waals surface area contributed by atoms with E-state index in [1.165, 1.54) is 11.1 Å². The van der Waals surface area contributed by atoms with Crippen molar-refractivity contribution in [3.05, 3.63) is 144 Å². The predicted molar refractivity (Wildman–Crippen MR) is 175 cm³/mol. The van der Waals surface area contributed by atoms with Gasteiger partial charge in [-0.15, -0.1) is 0 Å². The molecule has 49 heavy (non-hydrogen) atoms.